The third-order valence-electron chi connectivity index (χ3n) is 2.47. The molecule has 2 atom stereocenters. The van der Waals surface area contributed by atoms with Gasteiger partial charge in [-0.15, -0.1) is 5.92 Å². The van der Waals surface area contributed by atoms with E-state index in [4.69, 9.17) is 9.47 Å². The number of hydrogen-bond donors (Lipinski definition) is 0. The Kier molecular flexibility index (Phi) is 6.87. The molecule has 1 aliphatic heterocycles. The zero-order valence-corrected chi connectivity index (χ0v) is 9.91. The van der Waals surface area contributed by atoms with E-state index in [1.165, 1.54) is 6.42 Å². The Balaban J connectivity index is 2.28. The Bertz CT molecular complexity index is 246. The van der Waals surface area contributed by atoms with Crippen molar-refractivity contribution in [3.63, 3.8) is 0 Å². The molecule has 3 heteroatoms. The first-order valence-corrected chi connectivity index (χ1v) is 6.06. The van der Waals surface area contributed by atoms with E-state index in [0.29, 0.717) is 12.8 Å². The molecule has 0 radical (unpaired) electrons. The molecule has 2 unspecified atom stereocenters. The van der Waals surface area contributed by atoms with Gasteiger partial charge in [-0.2, -0.15) is 0 Å². The summed E-state index contributed by atoms with van der Waals surface area (Å²) in [7, 11) is 0. The van der Waals surface area contributed by atoms with Crippen LogP contribution in [-0.4, -0.2) is 25.3 Å². The molecular formula is C13H20O3. The van der Waals surface area contributed by atoms with Gasteiger partial charge in [0.15, 0.2) is 6.29 Å². The summed E-state index contributed by atoms with van der Waals surface area (Å²) in [6, 6.07) is 0. The Morgan fingerprint density at radius 3 is 3.06 bits per heavy atom. The lowest BCUT2D eigenvalue weighted by Gasteiger charge is -2.25. The average molecular weight is 224 g/mol. The summed E-state index contributed by atoms with van der Waals surface area (Å²) < 4.78 is 11.2. The van der Waals surface area contributed by atoms with Crippen molar-refractivity contribution >= 4 is 6.29 Å². The second-order valence-electron chi connectivity index (χ2n) is 3.86. The fourth-order valence-electron chi connectivity index (χ4n) is 1.55. The van der Waals surface area contributed by atoms with Gasteiger partial charge >= 0.3 is 0 Å². The van der Waals surface area contributed by atoms with Gasteiger partial charge < -0.3 is 14.3 Å². The van der Waals surface area contributed by atoms with Crippen LogP contribution in [-0.2, 0) is 14.3 Å². The monoisotopic (exact) mass is 224 g/mol. The fraction of sp³-hybridized carbons (Fsp3) is 0.769. The van der Waals surface area contributed by atoms with Crippen LogP contribution in [0, 0.1) is 11.8 Å². The molecule has 1 rings (SSSR count). The first-order valence-electron chi connectivity index (χ1n) is 6.06. The second-order valence-corrected chi connectivity index (χ2v) is 3.86. The lowest BCUT2D eigenvalue weighted by Crippen LogP contribution is -2.26. The summed E-state index contributed by atoms with van der Waals surface area (Å²) in [6.45, 7) is 2.83. The highest BCUT2D eigenvalue weighted by Crippen LogP contribution is 2.16. The fourth-order valence-corrected chi connectivity index (χ4v) is 1.55. The molecule has 0 aromatic carbocycles. The lowest BCUT2D eigenvalue weighted by molar-refractivity contribution is -0.176. The highest BCUT2D eigenvalue weighted by molar-refractivity contribution is 5.49. The molecule has 1 heterocycles. The van der Waals surface area contributed by atoms with Crippen LogP contribution in [0.1, 0.15) is 45.4 Å². The number of ether oxygens (including phenoxy) is 2. The summed E-state index contributed by atoms with van der Waals surface area (Å²) >= 11 is 0. The maximum Gasteiger partial charge on any atom is 0.159 e. The molecular weight excluding hydrogens is 204 g/mol. The van der Waals surface area contributed by atoms with Crippen molar-refractivity contribution in [1.29, 1.82) is 0 Å². The number of carbonyl (C=O) groups is 1. The highest BCUT2D eigenvalue weighted by atomic mass is 16.7. The van der Waals surface area contributed by atoms with Crippen LogP contribution in [0.5, 0.6) is 0 Å². The van der Waals surface area contributed by atoms with Crippen LogP contribution >= 0.6 is 0 Å². The third kappa shape index (κ3) is 5.29. The van der Waals surface area contributed by atoms with Crippen LogP contribution < -0.4 is 0 Å². The standard InChI is InChI=1S/C13H20O3/c1-2-12(8-4-3-6-10-14)16-13-9-5-7-11-15-13/h10,12-13H,2-3,5-7,9,11H2,1H3. The Morgan fingerprint density at radius 1 is 1.56 bits per heavy atom. The van der Waals surface area contributed by atoms with Gasteiger partial charge in [-0.1, -0.05) is 12.8 Å². The summed E-state index contributed by atoms with van der Waals surface area (Å²) in [5.41, 5.74) is 0. The van der Waals surface area contributed by atoms with Gasteiger partial charge in [-0.05, 0) is 25.7 Å². The van der Waals surface area contributed by atoms with E-state index < -0.39 is 0 Å². The van der Waals surface area contributed by atoms with Gasteiger partial charge in [-0.25, -0.2) is 0 Å². The van der Waals surface area contributed by atoms with Crippen LogP contribution in [0.4, 0.5) is 0 Å². The molecule has 1 aliphatic rings. The molecule has 1 saturated heterocycles. The average Bonchev–Trinajstić information content (AvgIpc) is 2.34. The van der Waals surface area contributed by atoms with Gasteiger partial charge in [0.2, 0.25) is 0 Å². The molecule has 16 heavy (non-hydrogen) atoms. The maximum absolute atomic E-state index is 10.1. The molecule has 90 valence electrons. The van der Waals surface area contributed by atoms with E-state index >= 15 is 0 Å². The van der Waals surface area contributed by atoms with Gasteiger partial charge in [0.1, 0.15) is 12.4 Å². The van der Waals surface area contributed by atoms with E-state index in [0.717, 1.165) is 32.2 Å². The van der Waals surface area contributed by atoms with Crippen LogP contribution in [0.15, 0.2) is 0 Å². The molecule has 0 bridgehead atoms. The molecule has 0 aliphatic carbocycles. The van der Waals surface area contributed by atoms with Crippen molar-refractivity contribution in [1.82, 2.24) is 0 Å². The highest BCUT2D eigenvalue weighted by Gasteiger charge is 2.17. The molecule has 1 fully saturated rings. The number of unbranched alkanes of at least 4 members (excludes halogenated alkanes) is 1. The molecule has 3 nitrogen and oxygen atoms in total. The quantitative estimate of drug-likeness (QED) is 0.408. The van der Waals surface area contributed by atoms with Gasteiger partial charge in [0, 0.05) is 19.4 Å². The predicted octanol–water partition coefficient (Wildman–Crippen LogP) is 2.29. The van der Waals surface area contributed by atoms with Crippen molar-refractivity contribution in [2.45, 2.75) is 57.8 Å². The first-order chi connectivity index (χ1) is 7.86. The van der Waals surface area contributed by atoms with Crippen LogP contribution in [0.2, 0.25) is 0 Å². The van der Waals surface area contributed by atoms with E-state index in [9.17, 15) is 4.79 Å². The number of aldehydes is 1. The van der Waals surface area contributed by atoms with E-state index in [1.807, 2.05) is 6.92 Å². The third-order valence-corrected chi connectivity index (χ3v) is 2.47. The summed E-state index contributed by atoms with van der Waals surface area (Å²) in [5.74, 6) is 6.01. The minimum absolute atomic E-state index is 0.0604. The Morgan fingerprint density at radius 2 is 2.44 bits per heavy atom. The van der Waals surface area contributed by atoms with Gasteiger partial charge in [0.05, 0.1) is 0 Å². The minimum Gasteiger partial charge on any atom is -0.353 e. The molecule has 0 saturated carbocycles. The van der Waals surface area contributed by atoms with Crippen LogP contribution in [0.25, 0.3) is 0 Å². The Hall–Kier alpha value is -0.850. The van der Waals surface area contributed by atoms with Gasteiger partial charge in [-0.3, -0.25) is 0 Å². The summed E-state index contributed by atoms with van der Waals surface area (Å²) in [5, 5.41) is 0. The van der Waals surface area contributed by atoms with Crippen LogP contribution in [0.3, 0.4) is 0 Å². The Labute approximate surface area is 97.5 Å². The molecule has 0 aromatic heterocycles. The summed E-state index contributed by atoms with van der Waals surface area (Å²) in [4.78, 5) is 10.1. The van der Waals surface area contributed by atoms with Crippen molar-refractivity contribution < 1.29 is 14.3 Å². The van der Waals surface area contributed by atoms with Crippen molar-refractivity contribution in [2.24, 2.45) is 0 Å². The number of rotatable bonds is 5. The van der Waals surface area contributed by atoms with E-state index in [-0.39, 0.29) is 12.4 Å². The smallest absolute Gasteiger partial charge is 0.159 e. The topological polar surface area (TPSA) is 35.5 Å². The molecule has 0 spiro atoms. The van der Waals surface area contributed by atoms with E-state index in [2.05, 4.69) is 11.8 Å². The lowest BCUT2D eigenvalue weighted by atomic mass is 10.2. The van der Waals surface area contributed by atoms with Crippen molar-refractivity contribution in [3.05, 3.63) is 0 Å². The number of carbonyl (C=O) groups excluding carboxylic acids is 1. The molecule has 0 amide bonds. The maximum atomic E-state index is 10.1. The zero-order valence-electron chi connectivity index (χ0n) is 9.91. The largest absolute Gasteiger partial charge is 0.353 e. The van der Waals surface area contributed by atoms with Crippen molar-refractivity contribution in [2.75, 3.05) is 6.61 Å². The van der Waals surface area contributed by atoms with Gasteiger partial charge in [0.25, 0.3) is 0 Å². The zero-order chi connectivity index (χ0) is 11.6. The summed E-state index contributed by atoms with van der Waals surface area (Å²) in [6.07, 6.45) is 5.98. The van der Waals surface area contributed by atoms with Crippen molar-refractivity contribution in [3.8, 4) is 11.8 Å². The second kappa shape index (κ2) is 8.32. The minimum atomic E-state index is -0.0842. The number of hydrogen-bond acceptors (Lipinski definition) is 3. The normalized spacial score (nSPS) is 21.9. The predicted molar refractivity (Wildman–Crippen MR) is 61.8 cm³/mol. The first kappa shape index (κ1) is 13.2. The SMILES string of the molecule is CCC(C#CCCC=O)OC1CCCCO1. The van der Waals surface area contributed by atoms with E-state index in [1.54, 1.807) is 0 Å². The molecule has 0 aromatic rings. The molecule has 0 N–H and O–H groups in total.